The van der Waals surface area contributed by atoms with Crippen LogP contribution in [0.5, 0.6) is 0 Å². The van der Waals surface area contributed by atoms with Crippen molar-refractivity contribution >= 4 is 29.1 Å². The lowest BCUT2D eigenvalue weighted by Crippen LogP contribution is -2.61. The Labute approximate surface area is 361 Å². The number of ether oxygens (including phenoxy) is 5. The highest BCUT2D eigenvalue weighted by Crippen LogP contribution is 2.41. The molecule has 0 aromatic heterocycles. The Hall–Kier alpha value is -3.18. The molecule has 61 heavy (non-hydrogen) atoms. The van der Waals surface area contributed by atoms with E-state index in [1.54, 1.807) is 20.8 Å². The van der Waals surface area contributed by atoms with E-state index in [2.05, 4.69) is 35.8 Å². The molecule has 1 aromatic carbocycles. The predicted octanol–water partition coefficient (Wildman–Crippen LogP) is 6.02. The van der Waals surface area contributed by atoms with Crippen molar-refractivity contribution in [2.75, 3.05) is 26.8 Å². The Morgan fingerprint density at radius 3 is 2.31 bits per heavy atom. The van der Waals surface area contributed by atoms with Crippen molar-refractivity contribution in [2.45, 2.75) is 175 Å². The highest BCUT2D eigenvalue weighted by molar-refractivity contribution is 6.08. The number of likely N-dealkylation sites (N-methyl/N-ethyl adjacent to an activating group) is 1. The third kappa shape index (κ3) is 12.5. The molecule has 3 saturated heterocycles. The zero-order chi connectivity index (χ0) is 45.7. The monoisotopic (exact) mass is 862 g/mol. The highest BCUT2D eigenvalue weighted by atomic mass is 19.1. The third-order valence-corrected chi connectivity index (χ3v) is 12.5. The minimum Gasteiger partial charge on any atom is -0.457 e. The number of aliphatic imine (C=N–C) groups is 1. The van der Waals surface area contributed by atoms with Gasteiger partial charge in [-0.2, -0.15) is 0 Å². The zero-order valence-corrected chi connectivity index (χ0v) is 38.6. The fourth-order valence-electron chi connectivity index (χ4n) is 8.98. The van der Waals surface area contributed by atoms with Crippen LogP contribution in [0.2, 0.25) is 0 Å². The van der Waals surface area contributed by atoms with E-state index < -0.39 is 89.0 Å². The summed E-state index contributed by atoms with van der Waals surface area (Å²) in [6, 6.07) is 9.01. The summed E-state index contributed by atoms with van der Waals surface area (Å²) in [5, 5.41) is 28.8. The first-order chi connectivity index (χ1) is 28.3. The number of carbonyl (C=O) groups excluding carboxylic acids is 3. The molecular formula is C46H72FN3O11. The molecule has 0 radical (unpaired) electrons. The normalized spacial score (nSPS) is 38.7. The van der Waals surface area contributed by atoms with Crippen molar-refractivity contribution < 1.29 is 57.5 Å². The molecule has 0 aliphatic carbocycles. The van der Waals surface area contributed by atoms with Crippen molar-refractivity contribution in [2.24, 2.45) is 33.3 Å². The molecule has 3 fully saturated rings. The van der Waals surface area contributed by atoms with Gasteiger partial charge in [0.1, 0.15) is 30.1 Å². The molecule has 1 aromatic rings. The molecule has 4 rings (SSSR count). The number of halogens is 1. The summed E-state index contributed by atoms with van der Waals surface area (Å²) in [5.74, 6) is -6.00. The van der Waals surface area contributed by atoms with Crippen molar-refractivity contribution in [1.29, 1.82) is 0 Å². The molecule has 0 saturated carbocycles. The maximum Gasteiger partial charge on any atom is 0.351 e. The van der Waals surface area contributed by atoms with E-state index in [1.807, 2.05) is 51.2 Å². The summed E-state index contributed by atoms with van der Waals surface area (Å²) in [6.45, 7) is 20.6. The molecule has 14 nitrogen and oxygen atoms in total. The van der Waals surface area contributed by atoms with Gasteiger partial charge in [0.15, 0.2) is 12.1 Å². The summed E-state index contributed by atoms with van der Waals surface area (Å²) in [4.78, 5) is 53.7. The number of fused-ring (bicyclic) bond motifs is 5. The number of aliphatic hydroxyl groups is 2. The van der Waals surface area contributed by atoms with E-state index in [4.69, 9.17) is 28.5 Å². The second-order valence-corrected chi connectivity index (χ2v) is 19.3. The summed E-state index contributed by atoms with van der Waals surface area (Å²) in [7, 11) is 1.94. The lowest BCUT2D eigenvalue weighted by molar-refractivity contribution is -0.297. The number of esters is 1. The van der Waals surface area contributed by atoms with Gasteiger partial charge in [-0.05, 0) is 83.9 Å². The number of ketones is 1. The smallest absolute Gasteiger partial charge is 0.351 e. The summed E-state index contributed by atoms with van der Waals surface area (Å²) < 4.78 is 49.2. The van der Waals surface area contributed by atoms with Gasteiger partial charge < -0.3 is 43.6 Å². The summed E-state index contributed by atoms with van der Waals surface area (Å²) >= 11 is 0. The summed E-state index contributed by atoms with van der Waals surface area (Å²) in [5.41, 5.74) is -5.29. The molecule has 1 amide bonds. The minimum atomic E-state index is -3.21. The number of hydrogen-bond acceptors (Lipinski definition) is 13. The number of alkyl halides is 1. The fraction of sp³-hybridized carbons (Fsp3) is 0.761. The van der Waals surface area contributed by atoms with Gasteiger partial charge in [-0.3, -0.25) is 9.59 Å². The van der Waals surface area contributed by atoms with Crippen LogP contribution in [0.25, 0.3) is 0 Å². The number of cyclic esters (lactones) is 1. The van der Waals surface area contributed by atoms with Crippen molar-refractivity contribution in [3.05, 3.63) is 35.9 Å². The Kier molecular flexibility index (Phi) is 17.0. The summed E-state index contributed by atoms with van der Waals surface area (Å²) in [6.07, 6.45) is -5.50. The fourth-order valence-corrected chi connectivity index (χ4v) is 8.98. The molecule has 0 spiro atoms. The van der Waals surface area contributed by atoms with Crippen LogP contribution < -0.4 is 0 Å². The van der Waals surface area contributed by atoms with E-state index in [-0.39, 0.29) is 49.9 Å². The first-order valence-corrected chi connectivity index (χ1v) is 21.7. The number of Topliss-reactive ketones (excluding diaryl/α,β-unsaturated/α-hetero) is 1. The van der Waals surface area contributed by atoms with Gasteiger partial charge in [-0.15, -0.1) is 0 Å². The Morgan fingerprint density at radius 2 is 1.70 bits per heavy atom. The number of aliphatic hydroxyl groups excluding tert-OH is 1. The second-order valence-electron chi connectivity index (χ2n) is 19.3. The molecular weight excluding hydrogens is 790 g/mol. The van der Waals surface area contributed by atoms with Gasteiger partial charge >= 0.3 is 5.97 Å². The van der Waals surface area contributed by atoms with Crippen LogP contribution in [-0.2, 0) is 49.5 Å². The largest absolute Gasteiger partial charge is 0.457 e. The Morgan fingerprint density at radius 1 is 1.05 bits per heavy atom. The lowest BCUT2D eigenvalue weighted by Gasteiger charge is -2.48. The van der Waals surface area contributed by atoms with Crippen LogP contribution in [0.4, 0.5) is 4.39 Å². The molecule has 344 valence electrons. The van der Waals surface area contributed by atoms with Crippen molar-refractivity contribution in [1.82, 2.24) is 4.90 Å². The molecule has 3 aliphatic rings. The number of nitrogens with zero attached hydrogens (tertiary/aromatic N) is 3. The molecule has 2 bridgehead atoms. The number of carbonyl (C=O) groups is 3. The van der Waals surface area contributed by atoms with E-state index in [0.29, 0.717) is 18.7 Å². The molecule has 3 heterocycles. The quantitative estimate of drug-likeness (QED) is 0.168. The number of oxime groups is 1. The van der Waals surface area contributed by atoms with Gasteiger partial charge in [-0.1, -0.05) is 84.0 Å². The van der Waals surface area contributed by atoms with Crippen LogP contribution in [0.15, 0.2) is 40.5 Å². The van der Waals surface area contributed by atoms with Gasteiger partial charge in [0.2, 0.25) is 5.91 Å². The average molecular weight is 862 g/mol. The number of rotatable bonds is 9. The van der Waals surface area contributed by atoms with Gasteiger partial charge in [0.25, 0.3) is 5.67 Å². The van der Waals surface area contributed by atoms with Crippen LogP contribution in [0, 0.1) is 23.2 Å². The lowest BCUT2D eigenvalue weighted by atomic mass is 9.73. The SMILES string of the molecule is CC[C@H]1OC(=O)[C@@](C)(F)C(=O)[C@H](C)[C@@H](O[C@@H]2O[C@H](C)C[C@H](N(C)CCC(C)(C)C)[C@H]2O)[C@@]2(C)C[C@@H](C)/C(=N\C(C)=O)[C@H](C)[C@@H](OC/C(=N\OCc3ccccc3)CO2)[C@]1(C)O. The van der Waals surface area contributed by atoms with Crippen molar-refractivity contribution in [3.8, 4) is 0 Å². The standard InChI is InChI=1S/C46H72FN3O11/c1-14-35-46(12,55)40-29(4)36(48-31(6)51)27(2)23-44(10,57-26-33(25-56-40)49-58-24-32-18-16-15-17-19-32)39(30(5)38(53)45(11,47)42(54)60-35)61-41-37(52)34(22-28(3)59-41)50(13)21-20-43(7,8)9/h15-19,27-30,34-35,37,39-41,52,55H,14,20-26H2,1-13H3/b48-36+,49-33+/t27-,28-,29+,30+,34+,35-,37-,39-,40-,41+,44-,45+,46-/m1/s1. The van der Waals surface area contributed by atoms with E-state index in [9.17, 15) is 24.6 Å². The maximum atomic E-state index is 17.0. The zero-order valence-electron chi connectivity index (χ0n) is 38.6. The topological polar surface area (TPSA) is 175 Å². The first kappa shape index (κ1) is 50.5. The number of benzene rings is 1. The molecule has 3 aliphatic heterocycles. The molecule has 13 atom stereocenters. The van der Waals surface area contributed by atoms with E-state index >= 15 is 4.39 Å². The van der Waals surface area contributed by atoms with Gasteiger partial charge in [0.05, 0.1) is 37.1 Å². The van der Waals surface area contributed by atoms with Crippen LogP contribution in [-0.4, -0.2) is 131 Å². The minimum absolute atomic E-state index is 0.00832. The highest BCUT2D eigenvalue weighted by Gasteiger charge is 2.57. The van der Waals surface area contributed by atoms with Crippen LogP contribution in [0.3, 0.4) is 0 Å². The Balaban J connectivity index is 1.94. The van der Waals surface area contributed by atoms with Crippen LogP contribution >= 0.6 is 0 Å². The molecule has 15 heteroatoms. The Bertz CT molecular complexity index is 1720. The number of amides is 1. The third-order valence-electron chi connectivity index (χ3n) is 12.5. The van der Waals surface area contributed by atoms with Crippen LogP contribution in [0.1, 0.15) is 114 Å². The van der Waals surface area contributed by atoms with Gasteiger partial charge in [0, 0.05) is 30.5 Å². The molecule has 2 N–H and O–H groups in total. The van der Waals surface area contributed by atoms with E-state index in [0.717, 1.165) is 18.9 Å². The second kappa shape index (κ2) is 20.5. The van der Waals surface area contributed by atoms with Gasteiger partial charge in [-0.25, -0.2) is 14.2 Å². The number of hydrogen-bond donors (Lipinski definition) is 2. The van der Waals surface area contributed by atoms with Crippen molar-refractivity contribution in [3.63, 3.8) is 0 Å². The van der Waals surface area contributed by atoms with E-state index in [1.165, 1.54) is 20.8 Å². The maximum absolute atomic E-state index is 17.0. The average Bonchev–Trinajstić information content (AvgIpc) is 3.19. The molecule has 0 unspecified atom stereocenters. The first-order valence-electron chi connectivity index (χ1n) is 21.7. The predicted molar refractivity (Wildman–Crippen MR) is 229 cm³/mol.